The van der Waals surface area contributed by atoms with Gasteiger partial charge in [0, 0.05) is 49.9 Å². The number of rotatable bonds is 6. The molecule has 1 unspecified atom stereocenters. The molecule has 0 aromatic carbocycles. The number of nitrogens with zero attached hydrogens (tertiary/aromatic N) is 3. The fourth-order valence-corrected chi connectivity index (χ4v) is 2.67. The summed E-state index contributed by atoms with van der Waals surface area (Å²) < 4.78 is 7.33. The molecule has 3 heterocycles. The Labute approximate surface area is 141 Å². The van der Waals surface area contributed by atoms with E-state index in [4.69, 9.17) is 4.42 Å². The van der Waals surface area contributed by atoms with Gasteiger partial charge in [-0.05, 0) is 38.1 Å². The lowest BCUT2D eigenvalue weighted by Gasteiger charge is -2.21. The maximum absolute atomic E-state index is 10.6. The van der Waals surface area contributed by atoms with E-state index in [1.807, 2.05) is 44.4 Å². The fraction of sp³-hybridized carbons (Fsp3) is 0.333. The third-order valence-corrected chi connectivity index (χ3v) is 3.91. The average molecular weight is 326 g/mol. The van der Waals surface area contributed by atoms with Crippen molar-refractivity contribution in [1.29, 1.82) is 0 Å². The van der Waals surface area contributed by atoms with Gasteiger partial charge in [-0.1, -0.05) is 0 Å². The maximum Gasteiger partial charge on any atom is 0.136 e. The molecular formula is C18H22N4O2. The molecule has 2 N–H and O–H groups in total. The maximum atomic E-state index is 10.6. The molecular weight excluding hydrogens is 304 g/mol. The van der Waals surface area contributed by atoms with Gasteiger partial charge in [-0.15, -0.1) is 0 Å². The summed E-state index contributed by atoms with van der Waals surface area (Å²) in [6.45, 7) is 4.58. The molecule has 0 amide bonds. The summed E-state index contributed by atoms with van der Waals surface area (Å²) in [6.07, 6.45) is 5.49. The Hall–Kier alpha value is -2.44. The Morgan fingerprint density at radius 1 is 1.25 bits per heavy atom. The van der Waals surface area contributed by atoms with Crippen LogP contribution in [0, 0.1) is 6.92 Å². The summed E-state index contributed by atoms with van der Waals surface area (Å²) >= 11 is 0. The van der Waals surface area contributed by atoms with Crippen molar-refractivity contribution in [2.45, 2.75) is 26.0 Å². The van der Waals surface area contributed by atoms with Crippen molar-refractivity contribution in [2.24, 2.45) is 7.05 Å². The number of hydrogen-bond acceptors (Lipinski definition) is 5. The highest BCUT2D eigenvalue weighted by Gasteiger charge is 2.26. The molecule has 126 valence electrons. The number of pyridine rings is 1. The third kappa shape index (κ3) is 3.55. The lowest BCUT2D eigenvalue weighted by Crippen LogP contribution is -2.34. The highest BCUT2D eigenvalue weighted by atomic mass is 16.4. The molecule has 0 aliphatic heterocycles. The monoisotopic (exact) mass is 326 g/mol. The Bertz CT molecular complexity index is 806. The Kier molecular flexibility index (Phi) is 4.51. The van der Waals surface area contributed by atoms with E-state index in [1.165, 1.54) is 0 Å². The topological polar surface area (TPSA) is 76.1 Å². The first-order valence-electron chi connectivity index (χ1n) is 7.88. The second-order valence-electron chi connectivity index (χ2n) is 6.20. The summed E-state index contributed by atoms with van der Waals surface area (Å²) in [7, 11) is 1.90. The van der Waals surface area contributed by atoms with Gasteiger partial charge < -0.3 is 14.8 Å². The zero-order chi connectivity index (χ0) is 17.2. The van der Waals surface area contributed by atoms with Crippen molar-refractivity contribution >= 4 is 0 Å². The Morgan fingerprint density at radius 3 is 2.67 bits per heavy atom. The molecule has 0 saturated heterocycles. The minimum Gasteiger partial charge on any atom is -0.463 e. The summed E-state index contributed by atoms with van der Waals surface area (Å²) in [5.74, 6) is 1.35. The Balaban J connectivity index is 1.69. The Morgan fingerprint density at radius 2 is 2.00 bits per heavy atom. The molecule has 0 fully saturated rings. The standard InChI is InChI=1S/C18H22N4O2/c1-13-4-5-16(24-13)18(2,23)12-20-10-15-11-22(3)21-17(15)14-6-8-19-9-7-14/h4-9,11,20,23H,10,12H2,1-3H3. The van der Waals surface area contributed by atoms with Gasteiger partial charge in [-0.25, -0.2) is 0 Å². The van der Waals surface area contributed by atoms with Gasteiger partial charge in [-0.2, -0.15) is 5.10 Å². The molecule has 3 rings (SSSR count). The first kappa shape index (κ1) is 16.4. The minimum absolute atomic E-state index is 0.380. The first-order valence-corrected chi connectivity index (χ1v) is 7.88. The molecule has 6 heteroatoms. The molecule has 0 radical (unpaired) electrons. The quantitative estimate of drug-likeness (QED) is 0.727. The number of nitrogens with one attached hydrogen (secondary N) is 1. The van der Waals surface area contributed by atoms with Crippen LogP contribution in [0.3, 0.4) is 0 Å². The van der Waals surface area contributed by atoms with Crippen LogP contribution in [0.5, 0.6) is 0 Å². The van der Waals surface area contributed by atoms with Crippen LogP contribution in [0.15, 0.2) is 47.3 Å². The van der Waals surface area contributed by atoms with Crippen molar-refractivity contribution < 1.29 is 9.52 Å². The van der Waals surface area contributed by atoms with E-state index < -0.39 is 5.60 Å². The van der Waals surface area contributed by atoms with E-state index in [0.29, 0.717) is 18.8 Å². The van der Waals surface area contributed by atoms with Crippen LogP contribution in [0.2, 0.25) is 0 Å². The van der Waals surface area contributed by atoms with Crippen molar-refractivity contribution in [1.82, 2.24) is 20.1 Å². The molecule has 3 aromatic rings. The molecule has 0 spiro atoms. The largest absolute Gasteiger partial charge is 0.463 e. The van der Waals surface area contributed by atoms with Crippen molar-refractivity contribution in [2.75, 3.05) is 6.54 Å². The number of hydrogen-bond donors (Lipinski definition) is 2. The van der Waals surface area contributed by atoms with E-state index in [9.17, 15) is 5.11 Å². The van der Waals surface area contributed by atoms with Crippen LogP contribution >= 0.6 is 0 Å². The predicted molar refractivity (Wildman–Crippen MR) is 91.2 cm³/mol. The predicted octanol–water partition coefficient (Wildman–Crippen LogP) is 2.38. The van der Waals surface area contributed by atoms with E-state index in [1.54, 1.807) is 24.0 Å². The lowest BCUT2D eigenvalue weighted by atomic mass is 10.0. The van der Waals surface area contributed by atoms with Crippen LogP contribution in [-0.2, 0) is 19.2 Å². The first-order chi connectivity index (χ1) is 11.5. The fourth-order valence-electron chi connectivity index (χ4n) is 2.67. The number of aliphatic hydroxyl groups is 1. The van der Waals surface area contributed by atoms with Gasteiger partial charge in [0.25, 0.3) is 0 Å². The molecule has 0 bridgehead atoms. The minimum atomic E-state index is -1.06. The number of aryl methyl sites for hydroxylation is 2. The van der Waals surface area contributed by atoms with E-state index in [-0.39, 0.29) is 0 Å². The van der Waals surface area contributed by atoms with Crippen molar-refractivity contribution in [3.63, 3.8) is 0 Å². The lowest BCUT2D eigenvalue weighted by molar-refractivity contribution is 0.0333. The molecule has 24 heavy (non-hydrogen) atoms. The van der Waals surface area contributed by atoms with Gasteiger partial charge in [-0.3, -0.25) is 9.67 Å². The van der Waals surface area contributed by atoms with Gasteiger partial charge >= 0.3 is 0 Å². The average Bonchev–Trinajstić information content (AvgIpc) is 3.14. The number of aromatic nitrogens is 3. The van der Waals surface area contributed by atoms with Gasteiger partial charge in [0.2, 0.25) is 0 Å². The van der Waals surface area contributed by atoms with Crippen LogP contribution in [0.4, 0.5) is 0 Å². The van der Waals surface area contributed by atoms with Crippen LogP contribution in [0.25, 0.3) is 11.3 Å². The molecule has 1 atom stereocenters. The molecule has 0 saturated carbocycles. The van der Waals surface area contributed by atoms with Crippen molar-refractivity contribution in [3.05, 3.63) is 59.9 Å². The van der Waals surface area contributed by atoms with E-state index in [0.717, 1.165) is 22.6 Å². The second kappa shape index (κ2) is 6.59. The van der Waals surface area contributed by atoms with E-state index >= 15 is 0 Å². The van der Waals surface area contributed by atoms with Gasteiger partial charge in [0.05, 0.1) is 5.69 Å². The molecule has 0 aliphatic carbocycles. The van der Waals surface area contributed by atoms with Gasteiger partial charge in [0.15, 0.2) is 0 Å². The normalized spacial score (nSPS) is 13.8. The summed E-state index contributed by atoms with van der Waals surface area (Å²) in [6, 6.07) is 7.54. The highest BCUT2D eigenvalue weighted by molar-refractivity contribution is 5.61. The van der Waals surface area contributed by atoms with Gasteiger partial charge in [0.1, 0.15) is 17.1 Å². The summed E-state index contributed by atoms with van der Waals surface area (Å²) in [5, 5.41) is 18.4. The summed E-state index contributed by atoms with van der Waals surface area (Å²) in [5.41, 5.74) is 1.94. The van der Waals surface area contributed by atoms with E-state index in [2.05, 4.69) is 15.4 Å². The number of furan rings is 1. The smallest absolute Gasteiger partial charge is 0.136 e. The van der Waals surface area contributed by atoms with Crippen LogP contribution in [0.1, 0.15) is 24.0 Å². The van der Waals surface area contributed by atoms with Crippen LogP contribution < -0.4 is 5.32 Å². The SMILES string of the molecule is Cc1ccc(C(C)(O)CNCc2cn(C)nc2-c2ccncc2)o1. The van der Waals surface area contributed by atoms with Crippen molar-refractivity contribution in [3.8, 4) is 11.3 Å². The summed E-state index contributed by atoms with van der Waals surface area (Å²) in [4.78, 5) is 4.04. The third-order valence-electron chi connectivity index (χ3n) is 3.91. The molecule has 6 nitrogen and oxygen atoms in total. The molecule has 3 aromatic heterocycles. The highest BCUT2D eigenvalue weighted by Crippen LogP contribution is 2.23. The second-order valence-corrected chi connectivity index (χ2v) is 6.20. The molecule has 0 aliphatic rings. The van der Waals surface area contributed by atoms with Crippen LogP contribution in [-0.4, -0.2) is 26.4 Å². The zero-order valence-corrected chi connectivity index (χ0v) is 14.2. The zero-order valence-electron chi connectivity index (χ0n) is 14.2.